The third kappa shape index (κ3) is 4.04. The average molecular weight is 452 g/mol. The Bertz CT molecular complexity index is 1370. The minimum atomic E-state index is -0.00702. The van der Waals surface area contributed by atoms with Crippen LogP contribution in [-0.2, 0) is 12.8 Å². The van der Waals surface area contributed by atoms with Crippen molar-refractivity contribution in [3.8, 4) is 0 Å². The lowest BCUT2D eigenvalue weighted by Crippen LogP contribution is -2.29. The Morgan fingerprint density at radius 2 is 1.68 bits per heavy atom. The minimum absolute atomic E-state index is 0.00702. The van der Waals surface area contributed by atoms with Gasteiger partial charge in [-0.05, 0) is 80.0 Å². The summed E-state index contributed by atoms with van der Waals surface area (Å²) in [5, 5.41) is 4.21. The van der Waals surface area contributed by atoms with Gasteiger partial charge in [0.25, 0.3) is 5.56 Å². The molecule has 2 aromatic heterocycles. The molecule has 172 valence electrons. The van der Waals surface area contributed by atoms with Gasteiger partial charge in [0.2, 0.25) is 5.95 Å². The van der Waals surface area contributed by atoms with E-state index in [-0.39, 0.29) is 11.6 Å². The van der Waals surface area contributed by atoms with Gasteiger partial charge in [-0.25, -0.2) is 4.98 Å². The lowest BCUT2D eigenvalue weighted by Gasteiger charge is -2.28. The monoisotopic (exact) mass is 451 g/mol. The van der Waals surface area contributed by atoms with Crippen LogP contribution in [0, 0.1) is 0 Å². The molecule has 34 heavy (non-hydrogen) atoms. The molecule has 6 rings (SSSR count). The van der Waals surface area contributed by atoms with Crippen molar-refractivity contribution in [1.29, 1.82) is 0 Å². The Labute approximate surface area is 199 Å². The lowest BCUT2D eigenvalue weighted by molar-refractivity contribution is 0.441. The van der Waals surface area contributed by atoms with E-state index in [1.165, 1.54) is 36.1 Å². The van der Waals surface area contributed by atoms with Gasteiger partial charge in [0.15, 0.2) is 0 Å². The maximum Gasteiger partial charge on any atom is 0.252 e. The van der Waals surface area contributed by atoms with Gasteiger partial charge in [0.1, 0.15) is 5.65 Å². The summed E-state index contributed by atoms with van der Waals surface area (Å²) < 4.78 is 1.87. The fourth-order valence-electron chi connectivity index (χ4n) is 5.39. The number of aryl methyl sites for hydroxylation is 1. The van der Waals surface area contributed by atoms with Gasteiger partial charge in [0, 0.05) is 48.2 Å². The van der Waals surface area contributed by atoms with E-state index in [0.717, 1.165) is 43.4 Å². The Balaban J connectivity index is 1.29. The van der Waals surface area contributed by atoms with Crippen LogP contribution >= 0.6 is 0 Å². The lowest BCUT2D eigenvalue weighted by atomic mass is 9.88. The molecule has 0 radical (unpaired) electrons. The first-order valence-electron chi connectivity index (χ1n) is 12.3. The van der Waals surface area contributed by atoms with Gasteiger partial charge in [-0.15, -0.1) is 0 Å². The molecule has 6 nitrogen and oxygen atoms in total. The van der Waals surface area contributed by atoms with E-state index in [9.17, 15) is 4.79 Å². The summed E-state index contributed by atoms with van der Waals surface area (Å²) in [4.78, 5) is 24.7. The zero-order valence-corrected chi connectivity index (χ0v) is 19.3. The SMILES string of the molecule is O=c1ccc2cnc(Nc3ccc(N4CCCCC4)cc3)nc2n1C1CCc2ccccc2C1. The maximum atomic E-state index is 13.0. The van der Waals surface area contributed by atoms with E-state index >= 15 is 0 Å². The largest absolute Gasteiger partial charge is 0.372 e. The summed E-state index contributed by atoms with van der Waals surface area (Å²) >= 11 is 0. The van der Waals surface area contributed by atoms with Crippen molar-refractivity contribution < 1.29 is 0 Å². The summed E-state index contributed by atoms with van der Waals surface area (Å²) in [5.74, 6) is 0.508. The first kappa shape index (κ1) is 20.9. The molecule has 0 amide bonds. The molecule has 3 heterocycles. The van der Waals surface area contributed by atoms with E-state index < -0.39 is 0 Å². The molecule has 1 aliphatic heterocycles. The number of pyridine rings is 1. The van der Waals surface area contributed by atoms with Gasteiger partial charge >= 0.3 is 0 Å². The maximum absolute atomic E-state index is 13.0. The number of aromatic nitrogens is 3. The molecule has 1 aliphatic carbocycles. The van der Waals surface area contributed by atoms with Crippen molar-refractivity contribution >= 4 is 28.4 Å². The molecule has 1 unspecified atom stereocenters. The minimum Gasteiger partial charge on any atom is -0.372 e. The molecule has 1 fully saturated rings. The van der Waals surface area contributed by atoms with Crippen LogP contribution in [0.15, 0.2) is 71.7 Å². The van der Waals surface area contributed by atoms with Crippen molar-refractivity contribution in [1.82, 2.24) is 14.5 Å². The number of nitrogens with zero attached hydrogens (tertiary/aromatic N) is 4. The van der Waals surface area contributed by atoms with Gasteiger partial charge in [-0.3, -0.25) is 9.36 Å². The second-order valence-corrected chi connectivity index (χ2v) is 9.40. The Morgan fingerprint density at radius 1 is 0.882 bits per heavy atom. The zero-order valence-electron chi connectivity index (χ0n) is 19.3. The van der Waals surface area contributed by atoms with E-state index in [1.807, 2.05) is 10.6 Å². The molecular formula is C28H29N5O. The van der Waals surface area contributed by atoms with Crippen LogP contribution in [0.4, 0.5) is 17.3 Å². The number of anilines is 3. The molecule has 4 aromatic rings. The summed E-state index contributed by atoms with van der Waals surface area (Å²) in [6, 6.07) is 20.6. The normalized spacial score (nSPS) is 18.0. The highest BCUT2D eigenvalue weighted by Gasteiger charge is 2.22. The summed E-state index contributed by atoms with van der Waals surface area (Å²) in [6.07, 6.45) is 8.41. The summed E-state index contributed by atoms with van der Waals surface area (Å²) in [7, 11) is 0. The van der Waals surface area contributed by atoms with Crippen LogP contribution < -0.4 is 15.8 Å². The molecule has 2 aliphatic rings. The number of rotatable bonds is 4. The van der Waals surface area contributed by atoms with Crippen LogP contribution in [0.25, 0.3) is 11.0 Å². The van der Waals surface area contributed by atoms with E-state index in [0.29, 0.717) is 11.6 Å². The summed E-state index contributed by atoms with van der Waals surface area (Å²) in [6.45, 7) is 2.26. The highest BCUT2D eigenvalue weighted by atomic mass is 16.1. The first-order chi connectivity index (χ1) is 16.7. The highest BCUT2D eigenvalue weighted by Crippen LogP contribution is 2.30. The fourth-order valence-corrected chi connectivity index (χ4v) is 5.39. The number of hydrogen-bond acceptors (Lipinski definition) is 5. The molecule has 2 aromatic carbocycles. The summed E-state index contributed by atoms with van der Waals surface area (Å²) in [5.41, 5.74) is 5.60. The third-order valence-electron chi connectivity index (χ3n) is 7.20. The Kier molecular flexibility index (Phi) is 5.49. The number of fused-ring (bicyclic) bond motifs is 2. The van der Waals surface area contributed by atoms with Gasteiger partial charge in [-0.1, -0.05) is 24.3 Å². The number of piperidine rings is 1. The van der Waals surface area contributed by atoms with E-state index in [1.54, 1.807) is 12.3 Å². The molecule has 1 N–H and O–H groups in total. The Hall–Kier alpha value is -3.67. The quantitative estimate of drug-likeness (QED) is 0.459. The van der Waals surface area contributed by atoms with Gasteiger partial charge < -0.3 is 10.2 Å². The predicted octanol–water partition coefficient (Wildman–Crippen LogP) is 5.26. The van der Waals surface area contributed by atoms with Crippen molar-refractivity contribution in [2.75, 3.05) is 23.3 Å². The van der Waals surface area contributed by atoms with Crippen molar-refractivity contribution in [3.05, 3.63) is 88.3 Å². The van der Waals surface area contributed by atoms with Crippen LogP contribution in [-0.4, -0.2) is 27.6 Å². The molecule has 0 bridgehead atoms. The first-order valence-corrected chi connectivity index (χ1v) is 12.3. The van der Waals surface area contributed by atoms with Crippen molar-refractivity contribution in [3.63, 3.8) is 0 Å². The second kappa shape index (κ2) is 8.93. The van der Waals surface area contributed by atoms with Crippen LogP contribution in [0.1, 0.15) is 42.9 Å². The van der Waals surface area contributed by atoms with E-state index in [2.05, 4.69) is 63.7 Å². The number of nitrogens with one attached hydrogen (secondary N) is 1. The predicted molar refractivity (Wildman–Crippen MR) is 137 cm³/mol. The van der Waals surface area contributed by atoms with Gasteiger partial charge in [-0.2, -0.15) is 4.98 Å². The molecule has 1 atom stereocenters. The molecule has 0 saturated carbocycles. The Morgan fingerprint density at radius 3 is 2.50 bits per heavy atom. The second-order valence-electron chi connectivity index (χ2n) is 9.40. The number of hydrogen-bond donors (Lipinski definition) is 1. The molecular weight excluding hydrogens is 422 g/mol. The topological polar surface area (TPSA) is 63.1 Å². The number of benzene rings is 2. The molecule has 1 saturated heterocycles. The smallest absolute Gasteiger partial charge is 0.252 e. The van der Waals surface area contributed by atoms with Crippen molar-refractivity contribution in [2.24, 2.45) is 0 Å². The molecule has 0 spiro atoms. The van der Waals surface area contributed by atoms with E-state index in [4.69, 9.17) is 4.98 Å². The van der Waals surface area contributed by atoms with Crippen molar-refractivity contribution in [2.45, 2.75) is 44.6 Å². The third-order valence-corrected chi connectivity index (χ3v) is 7.20. The van der Waals surface area contributed by atoms with Gasteiger partial charge in [0.05, 0.1) is 0 Å². The molecule has 6 heteroatoms. The standard InChI is InChI=1S/C28H29N5O/c34-26-15-9-22-19-29-28(30-23-10-13-24(14-11-23)32-16-4-1-5-17-32)31-27(22)33(26)25-12-8-20-6-2-3-7-21(20)18-25/h2-3,6-7,9-11,13-15,19,25H,1,4-5,8,12,16-18H2,(H,29,30,31). The van der Waals surface area contributed by atoms with Crippen LogP contribution in [0.3, 0.4) is 0 Å². The zero-order chi connectivity index (χ0) is 22.9. The van der Waals surface area contributed by atoms with Crippen LogP contribution in [0.2, 0.25) is 0 Å². The fraction of sp³-hybridized carbons (Fsp3) is 0.321. The van der Waals surface area contributed by atoms with Crippen LogP contribution in [0.5, 0.6) is 0 Å². The highest BCUT2D eigenvalue weighted by molar-refractivity contribution is 5.76. The average Bonchev–Trinajstić information content (AvgIpc) is 2.89.